The molecule has 0 aromatic heterocycles. The predicted molar refractivity (Wildman–Crippen MR) is 128 cm³/mol. The largest absolute Gasteiger partial charge is 1.00 e. The molecule has 0 aliphatic heterocycles. The molecule has 1 aromatic rings. The van der Waals surface area contributed by atoms with E-state index < -0.39 is 83.6 Å². The Morgan fingerprint density at radius 3 is 1.97 bits per heavy atom. The molecule has 17 heteroatoms. The Morgan fingerprint density at radius 2 is 1.46 bits per heavy atom. The third-order valence-electron chi connectivity index (χ3n) is 5.02. The number of esters is 1. The number of halogens is 6. The Kier molecular flexibility index (Phi) is 15.3. The summed E-state index contributed by atoms with van der Waals surface area (Å²) in [5.41, 5.74) is 4.42. The molecule has 2 atom stereocenters. The molecular weight excluding hydrogens is 577 g/mol. The lowest BCUT2D eigenvalue weighted by molar-refractivity contribution is -0.869. The zero-order valence-electron chi connectivity index (χ0n) is 21.4. The molecule has 0 bridgehead atoms. The van der Waals surface area contributed by atoms with Gasteiger partial charge in [-0.05, 0) is 6.42 Å². The number of benzene rings is 1. The van der Waals surface area contributed by atoms with Gasteiger partial charge in [0, 0.05) is 12.2 Å². The second-order valence-corrected chi connectivity index (χ2v) is 9.54. The fourth-order valence-corrected chi connectivity index (χ4v) is 3.04. The molecule has 39 heavy (non-hydrogen) atoms. The summed E-state index contributed by atoms with van der Waals surface area (Å²) in [4.78, 5) is 48.2. The van der Waals surface area contributed by atoms with Gasteiger partial charge in [0.2, 0.25) is 23.5 Å². The van der Waals surface area contributed by atoms with E-state index in [9.17, 15) is 41.1 Å². The number of likely N-dealkylation sites (N-methyl/N-ethyl adjacent to an activating group) is 1. The number of carbonyl (C=O) groups is 4. The van der Waals surface area contributed by atoms with Crippen molar-refractivity contribution in [2.24, 2.45) is 5.73 Å². The normalized spacial score (nSPS) is 12.6. The molecule has 0 unspecified atom stereocenters. The number of quaternary nitrogens is 1. The van der Waals surface area contributed by atoms with E-state index in [1.807, 2.05) is 21.1 Å². The topological polar surface area (TPSA) is 140 Å². The van der Waals surface area contributed by atoms with Gasteiger partial charge in [0.1, 0.15) is 19.2 Å². The van der Waals surface area contributed by atoms with Crippen LogP contribution < -0.4 is 34.1 Å². The minimum absolute atomic E-state index is 0. The van der Waals surface area contributed by atoms with Gasteiger partial charge < -0.3 is 43.3 Å². The number of thiol groups is 1. The van der Waals surface area contributed by atoms with Crippen molar-refractivity contribution in [1.29, 1.82) is 0 Å². The highest BCUT2D eigenvalue weighted by atomic mass is 35.5. The number of hydrogen-bond donors (Lipinski definition) is 5. The number of nitrogens with zero attached hydrogens (tertiary/aromatic N) is 1. The quantitative estimate of drug-likeness (QED) is 0.0379. The first-order valence-electron chi connectivity index (χ1n) is 11.3. The average Bonchev–Trinajstić information content (AvgIpc) is 2.85. The van der Waals surface area contributed by atoms with Gasteiger partial charge in [-0.15, -0.1) is 0 Å². The Labute approximate surface area is 233 Å². The maximum Gasteiger partial charge on any atom is 0.325 e. The molecule has 0 aliphatic carbocycles. The molecular formula is C22H31ClF5N5O5S. The lowest BCUT2D eigenvalue weighted by Gasteiger charge is -2.24. The van der Waals surface area contributed by atoms with Crippen LogP contribution in [0.2, 0.25) is 0 Å². The van der Waals surface area contributed by atoms with Gasteiger partial charge in [0.05, 0.1) is 45.8 Å². The van der Waals surface area contributed by atoms with E-state index in [0.29, 0.717) is 17.6 Å². The minimum Gasteiger partial charge on any atom is -1.00 e. The van der Waals surface area contributed by atoms with Crippen LogP contribution >= 0.6 is 12.6 Å². The number of ether oxygens (including phenoxy) is 1. The van der Waals surface area contributed by atoms with Gasteiger partial charge in [0.15, 0.2) is 23.3 Å². The third-order valence-corrected chi connectivity index (χ3v) is 5.39. The van der Waals surface area contributed by atoms with Crippen molar-refractivity contribution in [3.63, 3.8) is 0 Å². The van der Waals surface area contributed by atoms with Crippen LogP contribution in [0.3, 0.4) is 0 Å². The Bertz CT molecular complexity index is 1020. The first-order valence-corrected chi connectivity index (χ1v) is 11.9. The van der Waals surface area contributed by atoms with Gasteiger partial charge >= 0.3 is 5.97 Å². The van der Waals surface area contributed by atoms with Gasteiger partial charge in [-0.3, -0.25) is 19.2 Å². The SMILES string of the molecule is C[N+](C)(C)CCNC(=O)[C@@H](N)CCC(=O)N[C@@H](CS)C(=O)NCC(=O)OCc1c(F)c(F)c(F)c(F)c1F.[Cl-]. The second kappa shape index (κ2) is 16.4. The molecule has 0 aliphatic rings. The van der Waals surface area contributed by atoms with E-state index in [1.54, 1.807) is 0 Å². The minimum atomic E-state index is -2.36. The fraction of sp³-hybridized carbons (Fsp3) is 0.545. The van der Waals surface area contributed by atoms with E-state index in [-0.39, 0.29) is 31.0 Å². The molecule has 222 valence electrons. The van der Waals surface area contributed by atoms with Crippen LogP contribution in [0, 0.1) is 29.1 Å². The van der Waals surface area contributed by atoms with Gasteiger partial charge in [0.25, 0.3) is 0 Å². The average molecular weight is 608 g/mol. The van der Waals surface area contributed by atoms with Crippen LogP contribution in [0.4, 0.5) is 22.0 Å². The highest BCUT2D eigenvalue weighted by Gasteiger charge is 2.27. The summed E-state index contributed by atoms with van der Waals surface area (Å²) < 4.78 is 71.9. The number of nitrogens with one attached hydrogen (secondary N) is 3. The Hall–Kier alpha value is -2.69. The Balaban J connectivity index is 0.0000144. The van der Waals surface area contributed by atoms with Crippen molar-refractivity contribution in [2.45, 2.75) is 31.5 Å². The van der Waals surface area contributed by atoms with Gasteiger partial charge in [-0.2, -0.15) is 12.6 Å². The van der Waals surface area contributed by atoms with E-state index in [4.69, 9.17) is 5.73 Å². The smallest absolute Gasteiger partial charge is 0.325 e. The molecule has 0 spiro atoms. The number of amides is 3. The standard InChI is InChI=1S/C22H30F5N5O5S.ClH/c1-32(2,3)7-6-29-21(35)12(28)4-5-14(33)31-13(10-38)22(36)30-8-15(34)37-9-11-16(23)18(25)20(27)19(26)17(11)24;/h12-13H,4-10,28H2,1-3H3,(H3-,29,30,31,33,35,36,38);1H/t12-,13-;/m0./s1. The highest BCUT2D eigenvalue weighted by Crippen LogP contribution is 2.23. The highest BCUT2D eigenvalue weighted by molar-refractivity contribution is 7.80. The lowest BCUT2D eigenvalue weighted by atomic mass is 10.1. The zero-order valence-corrected chi connectivity index (χ0v) is 23.0. The van der Waals surface area contributed by atoms with Crippen LogP contribution in [0.1, 0.15) is 18.4 Å². The molecule has 0 fully saturated rings. The monoisotopic (exact) mass is 607 g/mol. The van der Waals surface area contributed by atoms with E-state index in [2.05, 4.69) is 33.3 Å². The molecule has 0 radical (unpaired) electrons. The molecule has 0 heterocycles. The molecule has 1 aromatic carbocycles. The summed E-state index contributed by atoms with van der Waals surface area (Å²) in [5.74, 6) is -14.4. The summed E-state index contributed by atoms with van der Waals surface area (Å²) in [6, 6.07) is -2.16. The first-order chi connectivity index (χ1) is 17.6. The van der Waals surface area contributed by atoms with Crippen LogP contribution in [-0.4, -0.2) is 86.8 Å². The van der Waals surface area contributed by atoms with Crippen molar-refractivity contribution in [3.8, 4) is 0 Å². The Morgan fingerprint density at radius 1 is 0.923 bits per heavy atom. The lowest BCUT2D eigenvalue weighted by Crippen LogP contribution is -3.00. The molecule has 10 nitrogen and oxygen atoms in total. The molecule has 0 saturated heterocycles. The number of nitrogens with two attached hydrogens (primary N) is 1. The van der Waals surface area contributed by atoms with Crippen LogP contribution in [0.5, 0.6) is 0 Å². The summed E-state index contributed by atoms with van der Waals surface area (Å²) in [6.45, 7) is -1.06. The summed E-state index contributed by atoms with van der Waals surface area (Å²) in [6.07, 6.45) is -0.196. The third kappa shape index (κ3) is 11.9. The second-order valence-electron chi connectivity index (χ2n) is 9.18. The summed E-state index contributed by atoms with van der Waals surface area (Å²) in [5, 5.41) is 7.11. The molecule has 1 rings (SSSR count). The first kappa shape index (κ1) is 36.3. The van der Waals surface area contributed by atoms with Crippen molar-refractivity contribution in [2.75, 3.05) is 46.5 Å². The summed E-state index contributed by atoms with van der Waals surface area (Å²) >= 11 is 3.95. The van der Waals surface area contributed by atoms with E-state index in [0.717, 1.165) is 0 Å². The number of hydrogen-bond acceptors (Lipinski definition) is 7. The number of carbonyl (C=O) groups excluding carboxylic acids is 4. The van der Waals surface area contributed by atoms with Crippen molar-refractivity contribution < 1.29 is 62.8 Å². The van der Waals surface area contributed by atoms with Gasteiger partial charge in [-0.1, -0.05) is 0 Å². The van der Waals surface area contributed by atoms with Crippen LogP contribution in [0.15, 0.2) is 0 Å². The van der Waals surface area contributed by atoms with Crippen LogP contribution in [0.25, 0.3) is 0 Å². The molecule has 3 amide bonds. The maximum absolute atomic E-state index is 13.6. The molecule has 5 N–H and O–H groups in total. The number of rotatable bonds is 14. The zero-order chi connectivity index (χ0) is 29.2. The molecule has 0 saturated carbocycles. The van der Waals surface area contributed by atoms with Crippen LogP contribution in [-0.2, 0) is 30.5 Å². The van der Waals surface area contributed by atoms with Crippen molar-refractivity contribution in [3.05, 3.63) is 34.6 Å². The fourth-order valence-electron chi connectivity index (χ4n) is 2.79. The predicted octanol–water partition coefficient (Wildman–Crippen LogP) is -3.11. The van der Waals surface area contributed by atoms with Crippen molar-refractivity contribution >= 4 is 36.3 Å². The van der Waals surface area contributed by atoms with E-state index >= 15 is 0 Å². The van der Waals surface area contributed by atoms with Crippen molar-refractivity contribution in [1.82, 2.24) is 16.0 Å². The van der Waals surface area contributed by atoms with E-state index in [1.165, 1.54) is 0 Å². The summed E-state index contributed by atoms with van der Waals surface area (Å²) in [7, 11) is 5.86. The maximum atomic E-state index is 13.6. The van der Waals surface area contributed by atoms with Gasteiger partial charge in [-0.25, -0.2) is 22.0 Å².